The molecular weight excluding hydrogens is 332 g/mol. The van der Waals surface area contributed by atoms with Gasteiger partial charge in [-0.25, -0.2) is 0 Å². The summed E-state index contributed by atoms with van der Waals surface area (Å²) < 4.78 is 31.2. The summed E-state index contributed by atoms with van der Waals surface area (Å²) in [6.07, 6.45) is 0. The third kappa shape index (κ3) is 10.9. The van der Waals surface area contributed by atoms with E-state index in [1.54, 1.807) is 0 Å². The standard InChI is InChI=1S/C17H31N2.ClH3O4/c1-16(2,3)14-10-13(12-19(7,8)9)11-15(18-14)17(4,5)6;2-1(3,4)5/h10-11H,12H2,1-9H3;2-4H/q+1;. The van der Waals surface area contributed by atoms with Gasteiger partial charge in [0.1, 0.15) is 6.54 Å². The van der Waals surface area contributed by atoms with Crippen LogP contribution in [-0.4, -0.2) is 44.6 Å². The van der Waals surface area contributed by atoms with E-state index in [9.17, 15) is 0 Å². The second-order valence-electron chi connectivity index (χ2n) is 9.13. The van der Waals surface area contributed by atoms with Crippen molar-refractivity contribution in [1.82, 2.24) is 4.98 Å². The Balaban J connectivity index is 0.000000922. The number of aromatic nitrogens is 1. The Morgan fingerprint density at radius 1 is 0.917 bits per heavy atom. The van der Waals surface area contributed by atoms with Gasteiger partial charge in [-0.05, 0) is 12.1 Å². The number of rotatable bonds is 2. The molecule has 0 aliphatic carbocycles. The molecule has 0 atom stereocenters. The van der Waals surface area contributed by atoms with E-state index in [0.29, 0.717) is 0 Å². The van der Waals surface area contributed by atoms with Gasteiger partial charge in [0.25, 0.3) is 0 Å². The zero-order valence-electron chi connectivity index (χ0n) is 16.4. The monoisotopic (exact) mass is 365 g/mol. The number of hydrogen-bond donors (Lipinski definition) is 3. The third-order valence-electron chi connectivity index (χ3n) is 3.08. The summed E-state index contributed by atoms with van der Waals surface area (Å²) in [7, 11) is 2.50. The fraction of sp³-hybridized carbons (Fsp3) is 0.706. The number of pyridine rings is 1. The molecule has 0 aliphatic rings. The Morgan fingerprint density at radius 3 is 1.42 bits per heavy atom. The minimum absolute atomic E-state index is 0.0981. The molecule has 6 nitrogen and oxygen atoms in total. The SMILES string of the molecule is CC(C)(C)c1cc(C[N+](C)(C)C)cc(C(C)(C)C)n1.[O-][Cl+](O)(O)O. The van der Waals surface area contributed by atoms with Crippen LogP contribution in [0.4, 0.5) is 0 Å². The molecule has 1 aromatic rings. The van der Waals surface area contributed by atoms with Crippen LogP contribution in [0, 0.1) is 10.2 Å². The van der Waals surface area contributed by atoms with Crippen molar-refractivity contribution in [3.8, 4) is 0 Å². The second kappa shape index (κ2) is 7.64. The van der Waals surface area contributed by atoms with E-state index in [0.717, 1.165) is 11.0 Å². The summed E-state index contributed by atoms with van der Waals surface area (Å²) in [5.41, 5.74) is 3.98. The maximum absolute atomic E-state index is 8.83. The van der Waals surface area contributed by atoms with Gasteiger partial charge in [-0.3, -0.25) is 4.98 Å². The Hall–Kier alpha value is -0.760. The summed E-state index contributed by atoms with van der Waals surface area (Å²) in [6, 6.07) is 4.55. The zero-order chi connectivity index (χ0) is 19.6. The van der Waals surface area contributed by atoms with Crippen molar-refractivity contribution in [2.75, 3.05) is 21.1 Å². The number of hydrogen-bond acceptors (Lipinski definition) is 5. The Morgan fingerprint density at radius 2 is 1.21 bits per heavy atom. The summed E-state index contributed by atoms with van der Waals surface area (Å²) in [5, 5.41) is 0. The van der Waals surface area contributed by atoms with Gasteiger partial charge < -0.3 is 4.48 Å². The van der Waals surface area contributed by atoms with Gasteiger partial charge in [-0.1, -0.05) is 41.5 Å². The summed E-state index contributed by atoms with van der Waals surface area (Å²) in [5.74, 6) is 0. The molecule has 0 fully saturated rings. The van der Waals surface area contributed by atoms with E-state index in [-0.39, 0.29) is 10.8 Å². The van der Waals surface area contributed by atoms with Crippen LogP contribution >= 0.6 is 0 Å². The van der Waals surface area contributed by atoms with Crippen LogP contribution in [0.15, 0.2) is 12.1 Å². The zero-order valence-corrected chi connectivity index (χ0v) is 17.1. The molecule has 142 valence electrons. The normalized spacial score (nSPS) is 14.0. The van der Waals surface area contributed by atoms with E-state index in [2.05, 4.69) is 74.8 Å². The molecule has 0 spiro atoms. The first-order valence-electron chi connectivity index (χ1n) is 7.77. The number of halogens is 1. The quantitative estimate of drug-likeness (QED) is 0.680. The molecule has 1 heterocycles. The predicted molar refractivity (Wildman–Crippen MR) is 90.0 cm³/mol. The van der Waals surface area contributed by atoms with E-state index >= 15 is 0 Å². The van der Waals surface area contributed by atoms with Gasteiger partial charge in [0.15, 0.2) is 0 Å². The fourth-order valence-electron chi connectivity index (χ4n) is 1.99. The Bertz CT molecular complexity index is 497. The van der Waals surface area contributed by atoms with Gasteiger partial charge in [-0.15, -0.1) is 0 Å². The number of nitrogens with zero attached hydrogens (tertiary/aromatic N) is 2. The van der Waals surface area contributed by atoms with Crippen LogP contribution in [0.3, 0.4) is 0 Å². The van der Waals surface area contributed by atoms with Gasteiger partial charge in [0.2, 0.25) is 0 Å². The molecule has 0 saturated heterocycles. The van der Waals surface area contributed by atoms with Crippen LogP contribution in [0.2, 0.25) is 0 Å². The van der Waals surface area contributed by atoms with Crippen molar-refractivity contribution in [3.05, 3.63) is 29.1 Å². The molecule has 0 radical (unpaired) electrons. The van der Waals surface area contributed by atoms with E-state index < -0.39 is 10.2 Å². The molecule has 0 amide bonds. The van der Waals surface area contributed by atoms with Gasteiger partial charge in [0.05, 0.1) is 21.1 Å². The topological polar surface area (TPSA) is 96.6 Å². The Labute approximate surface area is 148 Å². The van der Waals surface area contributed by atoms with Crippen LogP contribution in [0.25, 0.3) is 0 Å². The summed E-state index contributed by atoms with van der Waals surface area (Å²) in [4.78, 5) is 4.90. The van der Waals surface area contributed by atoms with Crippen LogP contribution < -0.4 is 4.66 Å². The first-order valence-corrected chi connectivity index (χ1v) is 9.10. The summed E-state index contributed by atoms with van der Waals surface area (Å²) in [6.45, 7) is 14.4. The molecule has 0 unspecified atom stereocenters. The molecule has 0 saturated carbocycles. The van der Waals surface area contributed by atoms with Crippen LogP contribution in [0.1, 0.15) is 58.5 Å². The molecule has 3 N–H and O–H groups in total. The van der Waals surface area contributed by atoms with Crippen molar-refractivity contribution in [1.29, 1.82) is 0 Å². The molecular formula is C17H34ClN2O4+. The summed E-state index contributed by atoms with van der Waals surface area (Å²) >= 11 is 0. The molecule has 24 heavy (non-hydrogen) atoms. The van der Waals surface area contributed by atoms with Crippen molar-refractivity contribution in [2.24, 2.45) is 0 Å². The van der Waals surface area contributed by atoms with Gasteiger partial charge in [0, 0.05) is 27.8 Å². The molecule has 0 aliphatic heterocycles. The Kier molecular flexibility index (Phi) is 7.40. The van der Waals surface area contributed by atoms with Crippen molar-refractivity contribution in [2.45, 2.75) is 58.9 Å². The maximum atomic E-state index is 8.83. The fourth-order valence-corrected chi connectivity index (χ4v) is 1.99. The van der Waals surface area contributed by atoms with Crippen molar-refractivity contribution in [3.63, 3.8) is 0 Å². The van der Waals surface area contributed by atoms with Gasteiger partial charge in [-0.2, -0.15) is 0 Å². The average molecular weight is 366 g/mol. The molecule has 0 aromatic carbocycles. The first kappa shape index (κ1) is 23.2. The van der Waals surface area contributed by atoms with Crippen LogP contribution in [0.5, 0.6) is 0 Å². The molecule has 0 bridgehead atoms. The second-order valence-corrected chi connectivity index (χ2v) is 10.00. The minimum atomic E-state index is -4.19. The van der Waals surface area contributed by atoms with Crippen molar-refractivity contribution < 1.29 is 33.4 Å². The molecule has 7 heteroatoms. The average Bonchev–Trinajstić information content (AvgIpc) is 2.21. The van der Waals surface area contributed by atoms with E-state index in [1.807, 2.05) is 0 Å². The molecule has 1 rings (SSSR count). The van der Waals surface area contributed by atoms with Crippen LogP contribution in [-0.2, 0) is 17.4 Å². The number of quaternary nitrogens is 1. The van der Waals surface area contributed by atoms with Gasteiger partial charge >= 0.3 is 28.9 Å². The first-order chi connectivity index (χ1) is 10.3. The molecule has 1 aromatic heterocycles. The van der Waals surface area contributed by atoms with Crippen molar-refractivity contribution >= 4 is 0 Å². The van der Waals surface area contributed by atoms with E-state index in [4.69, 9.17) is 23.6 Å². The predicted octanol–water partition coefficient (Wildman–Crippen LogP) is 1.02. The van der Waals surface area contributed by atoms with E-state index in [1.165, 1.54) is 17.0 Å². The third-order valence-corrected chi connectivity index (χ3v) is 3.08.